The molecule has 2 aromatic rings. The van der Waals surface area contributed by atoms with Gasteiger partial charge in [0.1, 0.15) is 5.82 Å². The van der Waals surface area contributed by atoms with Crippen molar-refractivity contribution in [2.75, 3.05) is 18.0 Å². The van der Waals surface area contributed by atoms with Crippen LogP contribution in [0.2, 0.25) is 0 Å². The molecule has 0 amide bonds. The molecule has 1 aromatic heterocycles. The van der Waals surface area contributed by atoms with Crippen LogP contribution < -0.4 is 4.90 Å². The lowest BCUT2D eigenvalue weighted by Gasteiger charge is -2.16. The molecule has 1 atom stereocenters. The number of aromatic nitrogens is 2. The van der Waals surface area contributed by atoms with Gasteiger partial charge in [0.05, 0.1) is 12.7 Å². The smallest absolute Gasteiger partial charge is 0.161 e. The van der Waals surface area contributed by atoms with Crippen molar-refractivity contribution in [1.29, 1.82) is 0 Å². The summed E-state index contributed by atoms with van der Waals surface area (Å²) in [6.07, 6.45) is 2.24. The number of hydrogen-bond acceptors (Lipinski definition) is 5. The highest BCUT2D eigenvalue weighted by Gasteiger charge is 2.21. The number of hydrogen-bond donors (Lipinski definition) is 2. The second-order valence-electron chi connectivity index (χ2n) is 4.99. The van der Waals surface area contributed by atoms with E-state index >= 15 is 0 Å². The van der Waals surface area contributed by atoms with Gasteiger partial charge in [-0.3, -0.25) is 0 Å². The van der Waals surface area contributed by atoms with Gasteiger partial charge in [-0.15, -0.1) is 0 Å². The summed E-state index contributed by atoms with van der Waals surface area (Å²) in [6, 6.07) is 9.42. The van der Waals surface area contributed by atoms with Crippen LogP contribution in [0.5, 0.6) is 0 Å². The molecule has 0 radical (unpaired) electrons. The minimum Gasteiger partial charge on any atom is -0.392 e. The molecule has 2 heterocycles. The first kappa shape index (κ1) is 13.0. The fourth-order valence-corrected chi connectivity index (χ4v) is 2.42. The topological polar surface area (TPSA) is 69.5 Å². The molecule has 0 spiro atoms. The van der Waals surface area contributed by atoms with E-state index in [1.54, 1.807) is 6.20 Å². The molecule has 0 saturated carbocycles. The number of benzene rings is 1. The standard InChI is InChI=1S/C15H17N3O2/c19-10-11-2-1-3-12(8-11)15-16-6-4-14(17-15)18-7-5-13(20)9-18/h1-4,6,8,13,19-20H,5,7,9-10H2/t13-/m1/s1. The van der Waals surface area contributed by atoms with E-state index in [1.165, 1.54) is 0 Å². The van der Waals surface area contributed by atoms with Crippen LogP contribution >= 0.6 is 0 Å². The highest BCUT2D eigenvalue weighted by Crippen LogP contribution is 2.22. The number of β-amino-alcohol motifs (C(OH)–C–C–N with tert-alkyl or cyclic N) is 1. The van der Waals surface area contributed by atoms with E-state index in [4.69, 9.17) is 0 Å². The maximum absolute atomic E-state index is 9.60. The molecule has 1 aromatic carbocycles. The average Bonchev–Trinajstić information content (AvgIpc) is 2.94. The van der Waals surface area contributed by atoms with E-state index < -0.39 is 0 Å². The lowest BCUT2D eigenvalue weighted by Crippen LogP contribution is -2.22. The zero-order chi connectivity index (χ0) is 13.9. The fraction of sp³-hybridized carbons (Fsp3) is 0.333. The molecule has 1 fully saturated rings. The van der Waals surface area contributed by atoms with Gasteiger partial charge in [0.25, 0.3) is 0 Å². The van der Waals surface area contributed by atoms with Crippen molar-refractivity contribution in [1.82, 2.24) is 9.97 Å². The Labute approximate surface area is 117 Å². The van der Waals surface area contributed by atoms with Gasteiger partial charge < -0.3 is 15.1 Å². The molecule has 0 unspecified atom stereocenters. The second-order valence-corrected chi connectivity index (χ2v) is 4.99. The fourth-order valence-electron chi connectivity index (χ4n) is 2.42. The first-order chi connectivity index (χ1) is 9.76. The molecule has 1 saturated heterocycles. The van der Waals surface area contributed by atoms with Crippen molar-refractivity contribution < 1.29 is 10.2 Å². The van der Waals surface area contributed by atoms with Crippen molar-refractivity contribution in [2.45, 2.75) is 19.1 Å². The van der Waals surface area contributed by atoms with Gasteiger partial charge in [0.2, 0.25) is 0 Å². The molecule has 20 heavy (non-hydrogen) atoms. The summed E-state index contributed by atoms with van der Waals surface area (Å²) in [7, 11) is 0. The van der Waals surface area contributed by atoms with E-state index in [-0.39, 0.29) is 12.7 Å². The SMILES string of the molecule is OCc1cccc(-c2nccc(N3CC[C@@H](O)C3)n2)c1. The van der Waals surface area contributed by atoms with Gasteiger partial charge in [-0.25, -0.2) is 9.97 Å². The predicted octanol–water partition coefficient (Wildman–Crippen LogP) is 1.21. The van der Waals surface area contributed by atoms with E-state index in [1.807, 2.05) is 30.3 Å². The molecular weight excluding hydrogens is 254 g/mol. The lowest BCUT2D eigenvalue weighted by atomic mass is 10.1. The third kappa shape index (κ3) is 2.64. The Bertz CT molecular complexity index is 603. The highest BCUT2D eigenvalue weighted by molar-refractivity contribution is 5.58. The van der Waals surface area contributed by atoms with Gasteiger partial charge >= 0.3 is 0 Å². The second kappa shape index (κ2) is 5.56. The number of aliphatic hydroxyl groups is 2. The lowest BCUT2D eigenvalue weighted by molar-refractivity contribution is 0.198. The Morgan fingerprint density at radius 1 is 1.30 bits per heavy atom. The third-order valence-corrected chi connectivity index (χ3v) is 3.50. The zero-order valence-corrected chi connectivity index (χ0v) is 11.1. The van der Waals surface area contributed by atoms with Gasteiger partial charge in [-0.1, -0.05) is 18.2 Å². The molecule has 0 bridgehead atoms. The van der Waals surface area contributed by atoms with Crippen LogP contribution in [0.1, 0.15) is 12.0 Å². The quantitative estimate of drug-likeness (QED) is 0.878. The summed E-state index contributed by atoms with van der Waals surface area (Å²) in [5.74, 6) is 1.47. The van der Waals surface area contributed by atoms with Crippen LogP contribution in [0.3, 0.4) is 0 Å². The third-order valence-electron chi connectivity index (χ3n) is 3.50. The first-order valence-corrected chi connectivity index (χ1v) is 6.72. The number of aliphatic hydroxyl groups excluding tert-OH is 2. The molecular formula is C15H17N3O2. The van der Waals surface area contributed by atoms with Crippen molar-refractivity contribution in [3.8, 4) is 11.4 Å². The largest absolute Gasteiger partial charge is 0.392 e. The van der Waals surface area contributed by atoms with Crippen LogP contribution in [-0.2, 0) is 6.61 Å². The van der Waals surface area contributed by atoms with Gasteiger partial charge in [-0.05, 0) is 24.1 Å². The van der Waals surface area contributed by atoms with Crippen molar-refractivity contribution >= 4 is 5.82 Å². The Balaban J connectivity index is 1.90. The number of nitrogens with zero attached hydrogens (tertiary/aromatic N) is 3. The summed E-state index contributed by atoms with van der Waals surface area (Å²) >= 11 is 0. The monoisotopic (exact) mass is 271 g/mol. The molecule has 1 aliphatic heterocycles. The Kier molecular flexibility index (Phi) is 3.62. The van der Waals surface area contributed by atoms with E-state index in [9.17, 15) is 10.2 Å². The van der Waals surface area contributed by atoms with Crippen molar-refractivity contribution in [3.05, 3.63) is 42.1 Å². The summed E-state index contributed by atoms with van der Waals surface area (Å²) in [5.41, 5.74) is 1.73. The van der Waals surface area contributed by atoms with E-state index in [0.717, 1.165) is 29.9 Å². The molecule has 5 nitrogen and oxygen atoms in total. The molecule has 1 aliphatic rings. The molecule has 5 heteroatoms. The summed E-state index contributed by atoms with van der Waals surface area (Å²) < 4.78 is 0. The summed E-state index contributed by atoms with van der Waals surface area (Å²) in [5, 5.41) is 18.8. The van der Waals surface area contributed by atoms with Gasteiger partial charge in [-0.2, -0.15) is 0 Å². The maximum Gasteiger partial charge on any atom is 0.161 e. The van der Waals surface area contributed by atoms with Gasteiger partial charge in [0.15, 0.2) is 5.82 Å². The molecule has 0 aliphatic carbocycles. The highest BCUT2D eigenvalue weighted by atomic mass is 16.3. The summed E-state index contributed by atoms with van der Waals surface area (Å²) in [6.45, 7) is 1.44. The van der Waals surface area contributed by atoms with Crippen LogP contribution in [0.4, 0.5) is 5.82 Å². The normalized spacial score (nSPS) is 18.5. The average molecular weight is 271 g/mol. The number of rotatable bonds is 3. The maximum atomic E-state index is 9.60. The van der Waals surface area contributed by atoms with Gasteiger partial charge in [0, 0.05) is 24.8 Å². The van der Waals surface area contributed by atoms with Crippen LogP contribution in [0.15, 0.2) is 36.5 Å². The van der Waals surface area contributed by atoms with Crippen LogP contribution in [0.25, 0.3) is 11.4 Å². The summed E-state index contributed by atoms with van der Waals surface area (Å²) in [4.78, 5) is 10.9. The zero-order valence-electron chi connectivity index (χ0n) is 11.1. The Morgan fingerprint density at radius 3 is 2.95 bits per heavy atom. The van der Waals surface area contributed by atoms with Crippen molar-refractivity contribution in [3.63, 3.8) is 0 Å². The van der Waals surface area contributed by atoms with E-state index in [0.29, 0.717) is 12.4 Å². The van der Waals surface area contributed by atoms with Crippen LogP contribution in [-0.4, -0.2) is 39.4 Å². The molecule has 3 rings (SSSR count). The predicted molar refractivity (Wildman–Crippen MR) is 76.2 cm³/mol. The number of anilines is 1. The molecule has 104 valence electrons. The van der Waals surface area contributed by atoms with Crippen molar-refractivity contribution in [2.24, 2.45) is 0 Å². The Hall–Kier alpha value is -1.98. The molecule has 2 N–H and O–H groups in total. The van der Waals surface area contributed by atoms with E-state index in [2.05, 4.69) is 14.9 Å². The Morgan fingerprint density at radius 2 is 2.20 bits per heavy atom. The minimum atomic E-state index is -0.272. The first-order valence-electron chi connectivity index (χ1n) is 6.72. The van der Waals surface area contributed by atoms with Crippen LogP contribution in [0, 0.1) is 0 Å². The minimum absolute atomic E-state index is 0.00580.